The van der Waals surface area contributed by atoms with Crippen LogP contribution in [0.25, 0.3) is 0 Å². The number of methoxy groups -OCH3 is 1. The first-order valence-corrected chi connectivity index (χ1v) is 4.77. The molecule has 0 saturated carbocycles. The van der Waals surface area contributed by atoms with Gasteiger partial charge in [-0.15, -0.1) is 0 Å². The van der Waals surface area contributed by atoms with Gasteiger partial charge in [-0.05, 0) is 13.3 Å². The zero-order chi connectivity index (χ0) is 10.6. The molecular formula is C9H13ClN2O2. The zero-order valence-corrected chi connectivity index (χ0v) is 9.04. The normalized spacial score (nSPS) is 10.2. The van der Waals surface area contributed by atoms with Gasteiger partial charge in [-0.2, -0.15) is 5.10 Å². The topological polar surface area (TPSA) is 44.1 Å². The van der Waals surface area contributed by atoms with Crippen LogP contribution in [0.5, 0.6) is 0 Å². The summed E-state index contributed by atoms with van der Waals surface area (Å²) < 4.78 is 6.26. The molecule has 0 aliphatic carbocycles. The number of rotatable bonds is 4. The van der Waals surface area contributed by atoms with Crippen molar-refractivity contribution in [2.75, 3.05) is 7.11 Å². The van der Waals surface area contributed by atoms with E-state index in [-0.39, 0.29) is 5.97 Å². The van der Waals surface area contributed by atoms with Crippen LogP contribution in [-0.2, 0) is 16.1 Å². The molecule has 14 heavy (non-hydrogen) atoms. The van der Waals surface area contributed by atoms with Gasteiger partial charge in [0, 0.05) is 19.2 Å². The van der Waals surface area contributed by atoms with Gasteiger partial charge in [-0.3, -0.25) is 9.48 Å². The summed E-state index contributed by atoms with van der Waals surface area (Å²) in [6.45, 7) is 2.53. The molecule has 0 saturated heterocycles. The third-order valence-corrected chi connectivity index (χ3v) is 2.25. The molecule has 4 nitrogen and oxygen atoms in total. The van der Waals surface area contributed by atoms with Crippen LogP contribution in [0.2, 0.25) is 5.02 Å². The molecule has 1 rings (SSSR count). The van der Waals surface area contributed by atoms with Crippen molar-refractivity contribution in [2.24, 2.45) is 0 Å². The molecule has 1 heterocycles. The lowest BCUT2D eigenvalue weighted by Gasteiger charge is -2.00. The molecule has 5 heteroatoms. The summed E-state index contributed by atoms with van der Waals surface area (Å²) in [5.41, 5.74) is 0.810. The summed E-state index contributed by atoms with van der Waals surface area (Å²) in [7, 11) is 1.39. The molecule has 0 N–H and O–H groups in total. The van der Waals surface area contributed by atoms with Crippen LogP contribution >= 0.6 is 11.6 Å². The van der Waals surface area contributed by atoms with Crippen molar-refractivity contribution in [1.29, 1.82) is 0 Å². The lowest BCUT2D eigenvalue weighted by Crippen LogP contribution is -2.04. The minimum atomic E-state index is -0.194. The molecule has 0 fully saturated rings. The second kappa shape index (κ2) is 5.00. The van der Waals surface area contributed by atoms with Gasteiger partial charge in [0.25, 0.3) is 0 Å². The summed E-state index contributed by atoms with van der Waals surface area (Å²) in [5, 5.41) is 4.82. The van der Waals surface area contributed by atoms with Gasteiger partial charge in [0.1, 0.15) is 0 Å². The Hall–Kier alpha value is -1.03. The number of halogens is 1. The van der Waals surface area contributed by atoms with Crippen LogP contribution in [0, 0.1) is 6.92 Å². The van der Waals surface area contributed by atoms with Gasteiger partial charge in [0.15, 0.2) is 0 Å². The predicted octanol–water partition coefficient (Wildman–Crippen LogP) is 1.80. The Bertz CT molecular complexity index is 303. The SMILES string of the molecule is COC(=O)CCCn1cc(Cl)c(C)n1. The Labute approximate surface area is 87.8 Å². The first-order chi connectivity index (χ1) is 6.63. The van der Waals surface area contributed by atoms with E-state index in [1.807, 2.05) is 6.92 Å². The number of aryl methyl sites for hydroxylation is 2. The number of aromatic nitrogens is 2. The second-order valence-corrected chi connectivity index (χ2v) is 3.41. The van der Waals surface area contributed by atoms with Crippen LogP contribution in [0.4, 0.5) is 0 Å². The lowest BCUT2D eigenvalue weighted by molar-refractivity contribution is -0.140. The van der Waals surface area contributed by atoms with Gasteiger partial charge in [0.05, 0.1) is 17.8 Å². The molecule has 0 atom stereocenters. The van der Waals surface area contributed by atoms with Crippen molar-refractivity contribution in [3.8, 4) is 0 Å². The average molecular weight is 217 g/mol. The molecular weight excluding hydrogens is 204 g/mol. The molecule has 0 spiro atoms. The van der Waals surface area contributed by atoms with E-state index in [0.717, 1.165) is 5.69 Å². The minimum Gasteiger partial charge on any atom is -0.469 e. The number of nitrogens with zero attached hydrogens (tertiary/aromatic N) is 2. The van der Waals surface area contributed by atoms with Gasteiger partial charge in [0.2, 0.25) is 0 Å². The van der Waals surface area contributed by atoms with E-state index in [9.17, 15) is 4.79 Å². The van der Waals surface area contributed by atoms with Crippen molar-refractivity contribution < 1.29 is 9.53 Å². The number of carbonyl (C=O) groups is 1. The molecule has 0 radical (unpaired) electrons. The van der Waals surface area contributed by atoms with Gasteiger partial charge >= 0.3 is 5.97 Å². The second-order valence-electron chi connectivity index (χ2n) is 3.01. The van der Waals surface area contributed by atoms with Crippen LogP contribution in [0.15, 0.2) is 6.20 Å². The monoisotopic (exact) mass is 216 g/mol. The van der Waals surface area contributed by atoms with E-state index < -0.39 is 0 Å². The summed E-state index contributed by atoms with van der Waals surface area (Å²) in [6, 6.07) is 0. The number of carbonyl (C=O) groups excluding carboxylic acids is 1. The Kier molecular flexibility index (Phi) is 3.95. The van der Waals surface area contributed by atoms with Crippen molar-refractivity contribution in [3.63, 3.8) is 0 Å². The number of ether oxygens (including phenoxy) is 1. The maximum Gasteiger partial charge on any atom is 0.305 e. The van der Waals surface area contributed by atoms with Gasteiger partial charge in [-0.25, -0.2) is 0 Å². The Morgan fingerprint density at radius 2 is 2.43 bits per heavy atom. The zero-order valence-electron chi connectivity index (χ0n) is 8.29. The van der Waals surface area contributed by atoms with Crippen molar-refractivity contribution in [2.45, 2.75) is 26.3 Å². The number of hydrogen-bond acceptors (Lipinski definition) is 3. The van der Waals surface area contributed by atoms with Crippen LogP contribution in [0.1, 0.15) is 18.5 Å². The first-order valence-electron chi connectivity index (χ1n) is 4.40. The van der Waals surface area contributed by atoms with Crippen molar-refractivity contribution >= 4 is 17.6 Å². The maximum atomic E-state index is 10.8. The highest BCUT2D eigenvalue weighted by Crippen LogP contribution is 2.12. The van der Waals surface area contributed by atoms with E-state index in [4.69, 9.17) is 11.6 Å². The van der Waals surface area contributed by atoms with E-state index in [0.29, 0.717) is 24.4 Å². The summed E-state index contributed by atoms with van der Waals surface area (Å²) >= 11 is 5.82. The average Bonchev–Trinajstić information content (AvgIpc) is 2.46. The summed E-state index contributed by atoms with van der Waals surface area (Å²) in [5.74, 6) is -0.194. The molecule has 1 aromatic rings. The molecule has 0 bridgehead atoms. The minimum absolute atomic E-state index is 0.194. The highest BCUT2D eigenvalue weighted by atomic mass is 35.5. The summed E-state index contributed by atoms with van der Waals surface area (Å²) in [6.07, 6.45) is 2.88. The third kappa shape index (κ3) is 3.03. The van der Waals surface area contributed by atoms with Crippen LogP contribution in [-0.4, -0.2) is 22.9 Å². The Balaban J connectivity index is 2.35. The molecule has 0 aliphatic rings. The fourth-order valence-electron chi connectivity index (χ4n) is 1.10. The van der Waals surface area contributed by atoms with Crippen molar-refractivity contribution in [3.05, 3.63) is 16.9 Å². The molecule has 0 amide bonds. The molecule has 1 aromatic heterocycles. The number of esters is 1. The Morgan fingerprint density at radius 3 is 2.93 bits per heavy atom. The molecule has 78 valence electrons. The Morgan fingerprint density at radius 1 is 1.71 bits per heavy atom. The number of hydrogen-bond donors (Lipinski definition) is 0. The first kappa shape index (κ1) is 11.0. The van der Waals surface area contributed by atoms with E-state index >= 15 is 0 Å². The highest BCUT2D eigenvalue weighted by molar-refractivity contribution is 6.31. The molecule has 0 unspecified atom stereocenters. The standard InChI is InChI=1S/C9H13ClN2O2/c1-7-8(10)6-12(11-7)5-3-4-9(13)14-2/h6H,3-5H2,1-2H3. The van der Waals surface area contributed by atoms with Crippen LogP contribution < -0.4 is 0 Å². The summed E-state index contributed by atoms with van der Waals surface area (Å²) in [4.78, 5) is 10.8. The van der Waals surface area contributed by atoms with Gasteiger partial charge in [-0.1, -0.05) is 11.6 Å². The van der Waals surface area contributed by atoms with Crippen LogP contribution in [0.3, 0.4) is 0 Å². The smallest absolute Gasteiger partial charge is 0.305 e. The van der Waals surface area contributed by atoms with Gasteiger partial charge < -0.3 is 4.74 Å². The quantitative estimate of drug-likeness (QED) is 0.721. The fourth-order valence-corrected chi connectivity index (χ4v) is 1.25. The fraction of sp³-hybridized carbons (Fsp3) is 0.556. The highest BCUT2D eigenvalue weighted by Gasteiger charge is 2.03. The largest absolute Gasteiger partial charge is 0.469 e. The van der Waals surface area contributed by atoms with Crippen molar-refractivity contribution in [1.82, 2.24) is 9.78 Å². The van der Waals surface area contributed by atoms with E-state index in [1.165, 1.54) is 7.11 Å². The molecule has 0 aromatic carbocycles. The maximum absolute atomic E-state index is 10.8. The predicted molar refractivity (Wildman–Crippen MR) is 53.2 cm³/mol. The third-order valence-electron chi connectivity index (χ3n) is 1.88. The lowest BCUT2D eigenvalue weighted by atomic mass is 10.3. The molecule has 0 aliphatic heterocycles. The van der Waals surface area contributed by atoms with E-state index in [1.54, 1.807) is 10.9 Å². The van der Waals surface area contributed by atoms with E-state index in [2.05, 4.69) is 9.84 Å².